The number of ether oxygens (including phenoxy) is 1. The van der Waals surface area contributed by atoms with E-state index in [1.165, 1.54) is 12.8 Å². The van der Waals surface area contributed by atoms with E-state index in [4.69, 9.17) is 4.74 Å². The Kier molecular flexibility index (Phi) is 3.34. The molecule has 0 bridgehead atoms. The molecule has 0 aliphatic carbocycles. The molecule has 66 valence electrons. The fraction of sp³-hybridized carbons (Fsp3) is 1.00. The predicted octanol–water partition coefficient (Wildman–Crippen LogP) is 1.56. The van der Waals surface area contributed by atoms with E-state index in [1.807, 2.05) is 0 Å². The molecule has 0 aromatic carbocycles. The lowest BCUT2D eigenvalue weighted by atomic mass is 9.93. The van der Waals surface area contributed by atoms with Gasteiger partial charge in [0.1, 0.15) is 0 Å². The van der Waals surface area contributed by atoms with Gasteiger partial charge in [-0.25, -0.2) is 0 Å². The molecule has 1 fully saturated rings. The number of morpholine rings is 1. The van der Waals surface area contributed by atoms with E-state index in [0.29, 0.717) is 0 Å². The molecule has 11 heavy (non-hydrogen) atoms. The first-order chi connectivity index (χ1) is 5.33. The summed E-state index contributed by atoms with van der Waals surface area (Å²) in [6, 6.07) is 0. The SMILES string of the molecule is CCCC1(CC)CNCCO1. The third-order valence-electron chi connectivity index (χ3n) is 2.48. The van der Waals surface area contributed by atoms with Gasteiger partial charge in [-0.05, 0) is 12.8 Å². The molecule has 1 heterocycles. The van der Waals surface area contributed by atoms with Crippen LogP contribution in [0.4, 0.5) is 0 Å². The van der Waals surface area contributed by atoms with Gasteiger partial charge >= 0.3 is 0 Å². The molecule has 0 aromatic heterocycles. The predicted molar refractivity (Wildman–Crippen MR) is 46.8 cm³/mol. The van der Waals surface area contributed by atoms with Crippen LogP contribution in [0.25, 0.3) is 0 Å². The Labute approximate surface area is 69.3 Å². The summed E-state index contributed by atoms with van der Waals surface area (Å²) in [6.45, 7) is 7.37. The van der Waals surface area contributed by atoms with Gasteiger partial charge in [-0.3, -0.25) is 0 Å². The van der Waals surface area contributed by atoms with Gasteiger partial charge in [0.05, 0.1) is 12.2 Å². The normalized spacial score (nSPS) is 32.2. The molecule has 1 N–H and O–H groups in total. The molecular formula is C9H19NO. The Balaban J connectivity index is 2.42. The van der Waals surface area contributed by atoms with E-state index in [9.17, 15) is 0 Å². The molecule has 1 aliphatic heterocycles. The number of hydrogen-bond donors (Lipinski definition) is 1. The quantitative estimate of drug-likeness (QED) is 0.671. The Morgan fingerprint density at radius 1 is 1.45 bits per heavy atom. The zero-order chi connectivity index (χ0) is 8.16. The highest BCUT2D eigenvalue weighted by molar-refractivity contribution is 4.84. The highest BCUT2D eigenvalue weighted by Gasteiger charge is 2.29. The molecular weight excluding hydrogens is 138 g/mol. The van der Waals surface area contributed by atoms with Crippen molar-refractivity contribution in [1.82, 2.24) is 5.32 Å². The van der Waals surface area contributed by atoms with E-state index in [1.54, 1.807) is 0 Å². The molecule has 0 spiro atoms. The van der Waals surface area contributed by atoms with Crippen LogP contribution in [0.15, 0.2) is 0 Å². The van der Waals surface area contributed by atoms with Gasteiger partial charge in [-0.2, -0.15) is 0 Å². The molecule has 2 nitrogen and oxygen atoms in total. The van der Waals surface area contributed by atoms with Crippen LogP contribution in [-0.4, -0.2) is 25.3 Å². The maximum Gasteiger partial charge on any atom is 0.0804 e. The van der Waals surface area contributed by atoms with Crippen LogP contribution in [0, 0.1) is 0 Å². The molecule has 1 unspecified atom stereocenters. The summed E-state index contributed by atoms with van der Waals surface area (Å²) in [5, 5.41) is 3.39. The largest absolute Gasteiger partial charge is 0.372 e. The molecule has 0 amide bonds. The van der Waals surface area contributed by atoms with Crippen LogP contribution in [0.2, 0.25) is 0 Å². The number of rotatable bonds is 3. The topological polar surface area (TPSA) is 21.3 Å². The lowest BCUT2D eigenvalue weighted by Gasteiger charge is -2.36. The molecule has 1 atom stereocenters. The Bertz CT molecular complexity index is 103. The van der Waals surface area contributed by atoms with E-state index < -0.39 is 0 Å². The van der Waals surface area contributed by atoms with Crippen molar-refractivity contribution in [2.75, 3.05) is 19.7 Å². The summed E-state index contributed by atoms with van der Waals surface area (Å²) in [5.74, 6) is 0. The number of nitrogens with one attached hydrogen (secondary N) is 1. The number of hydrogen-bond acceptors (Lipinski definition) is 2. The van der Waals surface area contributed by atoms with Gasteiger partial charge in [0.25, 0.3) is 0 Å². The molecule has 0 aromatic rings. The molecule has 2 heteroatoms. The van der Waals surface area contributed by atoms with Crippen molar-refractivity contribution in [1.29, 1.82) is 0 Å². The van der Waals surface area contributed by atoms with E-state index in [-0.39, 0.29) is 5.60 Å². The van der Waals surface area contributed by atoms with Crippen LogP contribution in [0.1, 0.15) is 33.1 Å². The average Bonchev–Trinajstić information content (AvgIpc) is 2.07. The summed E-state index contributed by atoms with van der Waals surface area (Å²) < 4.78 is 5.79. The molecule has 1 aliphatic rings. The first-order valence-corrected chi connectivity index (χ1v) is 4.67. The van der Waals surface area contributed by atoms with E-state index in [2.05, 4.69) is 19.2 Å². The zero-order valence-electron chi connectivity index (χ0n) is 7.65. The van der Waals surface area contributed by atoms with Crippen molar-refractivity contribution >= 4 is 0 Å². The maximum absolute atomic E-state index is 5.79. The standard InChI is InChI=1S/C9H19NO/c1-3-5-9(4-2)8-10-6-7-11-9/h10H,3-8H2,1-2H3. The van der Waals surface area contributed by atoms with Crippen molar-refractivity contribution in [3.05, 3.63) is 0 Å². The molecule has 0 saturated carbocycles. The minimum absolute atomic E-state index is 0.160. The average molecular weight is 157 g/mol. The van der Waals surface area contributed by atoms with Crippen molar-refractivity contribution in [3.63, 3.8) is 0 Å². The first-order valence-electron chi connectivity index (χ1n) is 4.67. The first kappa shape index (κ1) is 9.01. The van der Waals surface area contributed by atoms with Crippen LogP contribution in [0.3, 0.4) is 0 Å². The third-order valence-corrected chi connectivity index (χ3v) is 2.48. The van der Waals surface area contributed by atoms with Gasteiger partial charge < -0.3 is 10.1 Å². The second-order valence-corrected chi connectivity index (χ2v) is 3.31. The van der Waals surface area contributed by atoms with Crippen LogP contribution < -0.4 is 5.32 Å². The van der Waals surface area contributed by atoms with E-state index >= 15 is 0 Å². The van der Waals surface area contributed by atoms with E-state index in [0.717, 1.165) is 26.1 Å². The summed E-state index contributed by atoms with van der Waals surface area (Å²) in [4.78, 5) is 0. The minimum atomic E-state index is 0.160. The van der Waals surface area contributed by atoms with Crippen molar-refractivity contribution in [3.8, 4) is 0 Å². The smallest absolute Gasteiger partial charge is 0.0804 e. The summed E-state index contributed by atoms with van der Waals surface area (Å²) in [6.07, 6.45) is 3.54. The fourth-order valence-corrected chi connectivity index (χ4v) is 1.73. The van der Waals surface area contributed by atoms with Crippen LogP contribution in [0.5, 0.6) is 0 Å². The highest BCUT2D eigenvalue weighted by Crippen LogP contribution is 2.23. The minimum Gasteiger partial charge on any atom is -0.372 e. The maximum atomic E-state index is 5.79. The van der Waals surface area contributed by atoms with Crippen molar-refractivity contribution < 1.29 is 4.74 Å². The summed E-state index contributed by atoms with van der Waals surface area (Å²) in [5.41, 5.74) is 0.160. The van der Waals surface area contributed by atoms with Gasteiger partial charge in [-0.1, -0.05) is 20.3 Å². The molecule has 1 rings (SSSR count). The lowest BCUT2D eigenvalue weighted by molar-refractivity contribution is -0.0738. The Hall–Kier alpha value is -0.0800. The Morgan fingerprint density at radius 3 is 2.73 bits per heavy atom. The van der Waals surface area contributed by atoms with Crippen molar-refractivity contribution in [2.24, 2.45) is 0 Å². The second-order valence-electron chi connectivity index (χ2n) is 3.31. The van der Waals surface area contributed by atoms with Gasteiger partial charge in [-0.15, -0.1) is 0 Å². The zero-order valence-corrected chi connectivity index (χ0v) is 7.65. The summed E-state index contributed by atoms with van der Waals surface area (Å²) >= 11 is 0. The van der Waals surface area contributed by atoms with Gasteiger partial charge in [0.2, 0.25) is 0 Å². The summed E-state index contributed by atoms with van der Waals surface area (Å²) in [7, 11) is 0. The van der Waals surface area contributed by atoms with Crippen LogP contribution in [-0.2, 0) is 4.74 Å². The lowest BCUT2D eigenvalue weighted by Crippen LogP contribution is -2.49. The second kappa shape index (κ2) is 4.07. The van der Waals surface area contributed by atoms with Gasteiger partial charge in [0.15, 0.2) is 0 Å². The van der Waals surface area contributed by atoms with Crippen molar-refractivity contribution in [2.45, 2.75) is 38.7 Å². The monoisotopic (exact) mass is 157 g/mol. The fourth-order valence-electron chi connectivity index (χ4n) is 1.73. The molecule has 0 radical (unpaired) electrons. The van der Waals surface area contributed by atoms with Crippen LogP contribution >= 0.6 is 0 Å². The Morgan fingerprint density at radius 2 is 2.27 bits per heavy atom. The molecule has 1 saturated heterocycles. The highest BCUT2D eigenvalue weighted by atomic mass is 16.5. The van der Waals surface area contributed by atoms with Gasteiger partial charge in [0, 0.05) is 13.1 Å². The third kappa shape index (κ3) is 2.17.